The van der Waals surface area contributed by atoms with Gasteiger partial charge < -0.3 is 5.73 Å². The molecule has 0 bridgehead atoms. The number of nitrogen functional groups attached to an aromatic ring is 1. The van der Waals surface area contributed by atoms with E-state index in [4.69, 9.17) is 5.73 Å². The molecule has 1 nitrogen and oxygen atoms in total. The highest BCUT2D eigenvalue weighted by atomic mass is 79.9. The van der Waals surface area contributed by atoms with Crippen molar-refractivity contribution in [2.45, 2.75) is 19.6 Å². The monoisotopic (exact) mass is 273 g/mol. The number of nitrogens with two attached hydrogens (primary N) is 1. The quantitative estimate of drug-likeness (QED) is 0.842. The first-order chi connectivity index (χ1) is 6.59. The maximum Gasteiger partial charge on any atom is 0.0461 e. The normalized spacial score (nSPS) is 10.9. The van der Waals surface area contributed by atoms with Gasteiger partial charge in [0.2, 0.25) is 0 Å². The van der Waals surface area contributed by atoms with Crippen LogP contribution in [-0.2, 0) is 5.75 Å². The predicted molar refractivity (Wildman–Crippen MR) is 69.6 cm³/mol. The Morgan fingerprint density at radius 3 is 2.71 bits per heavy atom. The predicted octanol–water partition coefficient (Wildman–Crippen LogP) is 3.92. The highest BCUT2D eigenvalue weighted by molar-refractivity contribution is 9.10. The van der Waals surface area contributed by atoms with Gasteiger partial charge in [-0.1, -0.05) is 19.9 Å². The van der Waals surface area contributed by atoms with Crippen LogP contribution in [0.3, 0.4) is 0 Å². The molecule has 0 unspecified atom stereocenters. The zero-order chi connectivity index (χ0) is 10.6. The number of hydrogen-bond acceptors (Lipinski definition) is 2. The molecule has 0 aromatic heterocycles. The number of anilines is 1. The van der Waals surface area contributed by atoms with Crippen LogP contribution in [0, 0.1) is 5.92 Å². The third-order valence-corrected chi connectivity index (χ3v) is 3.94. The van der Waals surface area contributed by atoms with Gasteiger partial charge >= 0.3 is 0 Å². The number of hydrogen-bond donors (Lipinski definition) is 1. The summed E-state index contributed by atoms with van der Waals surface area (Å²) in [6.07, 6.45) is 0. The Hall–Kier alpha value is -0.150. The molecule has 2 N–H and O–H groups in total. The summed E-state index contributed by atoms with van der Waals surface area (Å²) in [6.45, 7) is 4.48. The van der Waals surface area contributed by atoms with Crippen molar-refractivity contribution in [3.05, 3.63) is 28.2 Å². The van der Waals surface area contributed by atoms with E-state index in [2.05, 4.69) is 35.8 Å². The highest BCUT2D eigenvalue weighted by Gasteiger charge is 1.99. The fourth-order valence-corrected chi connectivity index (χ4v) is 2.35. The molecule has 0 aliphatic rings. The summed E-state index contributed by atoms with van der Waals surface area (Å²) in [5, 5.41) is 0. The number of halogens is 1. The van der Waals surface area contributed by atoms with E-state index in [0.717, 1.165) is 21.8 Å². The van der Waals surface area contributed by atoms with E-state index in [0.29, 0.717) is 0 Å². The average molecular weight is 274 g/mol. The molecule has 0 aliphatic heterocycles. The zero-order valence-corrected chi connectivity index (χ0v) is 11.0. The van der Waals surface area contributed by atoms with Crippen LogP contribution in [0.5, 0.6) is 0 Å². The van der Waals surface area contributed by atoms with Gasteiger partial charge in [-0.05, 0) is 45.3 Å². The number of benzene rings is 1. The summed E-state index contributed by atoms with van der Waals surface area (Å²) in [5.74, 6) is 3.01. The molecule has 78 valence electrons. The Labute approximate surface area is 98.6 Å². The minimum atomic E-state index is 0.757. The average Bonchev–Trinajstić information content (AvgIpc) is 2.10. The van der Waals surface area contributed by atoms with E-state index in [1.807, 2.05) is 23.9 Å². The van der Waals surface area contributed by atoms with Crippen LogP contribution < -0.4 is 5.73 Å². The summed E-state index contributed by atoms with van der Waals surface area (Å²) in [6, 6.07) is 6.17. The van der Waals surface area contributed by atoms with Crippen LogP contribution in [-0.4, -0.2) is 5.75 Å². The lowest BCUT2D eigenvalue weighted by molar-refractivity contribution is 0.750. The zero-order valence-electron chi connectivity index (χ0n) is 8.59. The summed E-state index contributed by atoms with van der Waals surface area (Å²) in [7, 11) is 0. The molecule has 0 amide bonds. The SMILES string of the molecule is CC(C)CSCc1ccc(Br)c(N)c1. The van der Waals surface area contributed by atoms with Crippen molar-refractivity contribution >= 4 is 33.4 Å². The Morgan fingerprint density at radius 2 is 2.14 bits per heavy atom. The van der Waals surface area contributed by atoms with Crippen LogP contribution in [0.2, 0.25) is 0 Å². The topological polar surface area (TPSA) is 26.0 Å². The molecule has 0 heterocycles. The van der Waals surface area contributed by atoms with E-state index in [1.165, 1.54) is 11.3 Å². The molecule has 1 rings (SSSR count). The molecule has 0 aliphatic carbocycles. The molecule has 0 spiro atoms. The van der Waals surface area contributed by atoms with E-state index >= 15 is 0 Å². The van der Waals surface area contributed by atoms with Crippen molar-refractivity contribution in [2.24, 2.45) is 5.92 Å². The molecule has 3 heteroatoms. The first-order valence-corrected chi connectivity index (χ1v) is 6.66. The van der Waals surface area contributed by atoms with Gasteiger partial charge in [-0.3, -0.25) is 0 Å². The van der Waals surface area contributed by atoms with Gasteiger partial charge in [0.25, 0.3) is 0 Å². The lowest BCUT2D eigenvalue weighted by Crippen LogP contribution is -1.93. The Morgan fingerprint density at radius 1 is 1.43 bits per heavy atom. The second-order valence-corrected chi connectivity index (χ2v) is 5.65. The molecule has 0 atom stereocenters. The summed E-state index contributed by atoms with van der Waals surface area (Å²) < 4.78 is 0.982. The fraction of sp³-hybridized carbons (Fsp3) is 0.455. The van der Waals surface area contributed by atoms with Crippen molar-refractivity contribution in [3.8, 4) is 0 Å². The molecule has 0 radical (unpaired) electrons. The molecule has 1 aromatic carbocycles. The molecule has 1 aromatic rings. The Bertz CT molecular complexity index is 299. The summed E-state index contributed by atoms with van der Waals surface area (Å²) in [4.78, 5) is 0. The van der Waals surface area contributed by atoms with Gasteiger partial charge in [0.15, 0.2) is 0 Å². The summed E-state index contributed by atoms with van der Waals surface area (Å²) in [5.41, 5.74) is 7.92. The molecule has 0 saturated carbocycles. The van der Waals surface area contributed by atoms with Crippen molar-refractivity contribution in [3.63, 3.8) is 0 Å². The van der Waals surface area contributed by atoms with Gasteiger partial charge in [-0.25, -0.2) is 0 Å². The van der Waals surface area contributed by atoms with E-state index in [-0.39, 0.29) is 0 Å². The maximum absolute atomic E-state index is 5.80. The van der Waals surface area contributed by atoms with Gasteiger partial charge in [0.05, 0.1) is 0 Å². The van der Waals surface area contributed by atoms with Gasteiger partial charge in [0.1, 0.15) is 0 Å². The second kappa shape index (κ2) is 5.66. The third-order valence-electron chi connectivity index (χ3n) is 1.78. The molecule has 0 fully saturated rings. The highest BCUT2D eigenvalue weighted by Crippen LogP contribution is 2.23. The Kier molecular flexibility index (Phi) is 4.82. The van der Waals surface area contributed by atoms with Gasteiger partial charge in [-0.2, -0.15) is 11.8 Å². The maximum atomic E-state index is 5.80. The molecular formula is C11H16BrNS. The van der Waals surface area contributed by atoms with Crippen LogP contribution in [0.1, 0.15) is 19.4 Å². The van der Waals surface area contributed by atoms with Gasteiger partial charge in [-0.15, -0.1) is 0 Å². The molecular weight excluding hydrogens is 258 g/mol. The Balaban J connectivity index is 2.47. The smallest absolute Gasteiger partial charge is 0.0461 e. The van der Waals surface area contributed by atoms with Crippen LogP contribution in [0.4, 0.5) is 5.69 Å². The van der Waals surface area contributed by atoms with Crippen molar-refractivity contribution in [2.75, 3.05) is 11.5 Å². The third kappa shape index (κ3) is 3.93. The van der Waals surface area contributed by atoms with Crippen molar-refractivity contribution in [1.29, 1.82) is 0 Å². The number of thioether (sulfide) groups is 1. The van der Waals surface area contributed by atoms with Crippen molar-refractivity contribution < 1.29 is 0 Å². The first kappa shape index (κ1) is 11.9. The lowest BCUT2D eigenvalue weighted by Gasteiger charge is -2.06. The lowest BCUT2D eigenvalue weighted by atomic mass is 10.2. The molecule has 14 heavy (non-hydrogen) atoms. The minimum absolute atomic E-state index is 0.757. The van der Waals surface area contributed by atoms with Gasteiger partial charge in [0, 0.05) is 15.9 Å². The van der Waals surface area contributed by atoms with E-state index in [9.17, 15) is 0 Å². The summed E-state index contributed by atoms with van der Waals surface area (Å²) >= 11 is 5.35. The van der Waals surface area contributed by atoms with Crippen LogP contribution in [0.25, 0.3) is 0 Å². The van der Waals surface area contributed by atoms with Crippen LogP contribution in [0.15, 0.2) is 22.7 Å². The standard InChI is InChI=1S/C11H16BrNS/c1-8(2)6-14-7-9-3-4-10(12)11(13)5-9/h3-5,8H,6-7,13H2,1-2H3. The molecule has 0 saturated heterocycles. The van der Waals surface area contributed by atoms with Crippen LogP contribution >= 0.6 is 27.7 Å². The van der Waals surface area contributed by atoms with E-state index in [1.54, 1.807) is 0 Å². The fourth-order valence-electron chi connectivity index (χ4n) is 1.10. The first-order valence-electron chi connectivity index (χ1n) is 4.71. The number of rotatable bonds is 4. The largest absolute Gasteiger partial charge is 0.398 e. The van der Waals surface area contributed by atoms with Crippen molar-refractivity contribution in [1.82, 2.24) is 0 Å². The van der Waals surface area contributed by atoms with E-state index < -0.39 is 0 Å². The second-order valence-electron chi connectivity index (χ2n) is 3.76. The minimum Gasteiger partial charge on any atom is -0.398 e.